The highest BCUT2D eigenvalue weighted by Gasteiger charge is 2.32. The highest BCUT2D eigenvalue weighted by atomic mass is 32.2. The van der Waals surface area contributed by atoms with E-state index in [4.69, 9.17) is 9.84 Å². The quantitative estimate of drug-likeness (QED) is 0.133. The van der Waals surface area contributed by atoms with Crippen LogP contribution < -0.4 is 14.4 Å². The molecule has 0 bridgehead atoms. The Kier molecular flexibility index (Phi) is 12.8. The molecule has 3 N–H and O–H groups in total. The Hall–Kier alpha value is -4.51. The van der Waals surface area contributed by atoms with Gasteiger partial charge in [0.15, 0.2) is 0 Å². The molecule has 1 fully saturated rings. The van der Waals surface area contributed by atoms with Gasteiger partial charge in [0.25, 0.3) is 5.91 Å². The number of amides is 1. The Morgan fingerprint density at radius 2 is 1.55 bits per heavy atom. The summed E-state index contributed by atoms with van der Waals surface area (Å²) in [6.45, 7) is 15.6. The van der Waals surface area contributed by atoms with Crippen molar-refractivity contribution in [1.29, 1.82) is 0 Å². The van der Waals surface area contributed by atoms with Crippen LogP contribution in [0.1, 0.15) is 78.2 Å². The lowest BCUT2D eigenvalue weighted by atomic mass is 9.80. The van der Waals surface area contributed by atoms with Crippen LogP contribution in [0.25, 0.3) is 22.3 Å². The van der Waals surface area contributed by atoms with Crippen molar-refractivity contribution < 1.29 is 28.7 Å². The number of aliphatic carboxylic acids is 1. The number of rotatable bonds is 11. The number of carboxylic acids is 1. The van der Waals surface area contributed by atoms with E-state index in [1.807, 2.05) is 91.8 Å². The highest BCUT2D eigenvalue weighted by Crippen LogP contribution is 2.49. The lowest BCUT2D eigenvalue weighted by molar-refractivity contribution is -0.136. The summed E-state index contributed by atoms with van der Waals surface area (Å²) in [5.74, 6) is -0.384. The molecule has 2 aliphatic heterocycles. The predicted molar refractivity (Wildman–Crippen MR) is 215 cm³/mol. The first-order valence-electron chi connectivity index (χ1n) is 18.3. The second-order valence-corrected chi connectivity index (χ2v) is 16.3. The number of hydrogen-bond donors (Lipinski definition) is 3. The number of aryl methyl sites for hydroxylation is 1. The van der Waals surface area contributed by atoms with Crippen molar-refractivity contribution in [2.24, 2.45) is 0 Å². The maximum atomic E-state index is 13.4. The van der Waals surface area contributed by atoms with E-state index in [9.17, 15) is 18.9 Å². The highest BCUT2D eigenvalue weighted by molar-refractivity contribution is 7.85. The SMILES string of the molecule is CC(C)(C)O.Cc1ccc(-c2c(C)c3c(c(C)c2CC(=O)O)N(S(C)=O)Cc2cc(C(=O)Nc4ccc(OCCCN5CCCC5)cc4)ccc2-3)cc1. The molecule has 1 atom stereocenters. The number of carbonyl (C=O) groups excluding carboxylic acids is 1. The second kappa shape index (κ2) is 17.1. The van der Waals surface area contributed by atoms with Crippen LogP contribution in [0.5, 0.6) is 5.75 Å². The minimum atomic E-state index is -1.40. The average molecular weight is 740 g/mol. The molecule has 2 aliphatic rings. The molecule has 282 valence electrons. The van der Waals surface area contributed by atoms with Gasteiger partial charge in [-0.2, -0.15) is 0 Å². The Morgan fingerprint density at radius 3 is 2.15 bits per heavy atom. The molecule has 0 radical (unpaired) electrons. The number of likely N-dealkylation sites (tertiary alicyclic amines) is 1. The van der Waals surface area contributed by atoms with Crippen LogP contribution in [0.3, 0.4) is 0 Å². The van der Waals surface area contributed by atoms with Gasteiger partial charge >= 0.3 is 5.97 Å². The molecule has 0 aromatic heterocycles. The summed E-state index contributed by atoms with van der Waals surface area (Å²) in [6.07, 6.45) is 5.05. The third-order valence-corrected chi connectivity index (χ3v) is 10.4. The number of anilines is 2. The number of nitrogens with zero attached hydrogens (tertiary/aromatic N) is 2. The summed E-state index contributed by atoms with van der Waals surface area (Å²) in [5, 5.41) is 21.4. The van der Waals surface area contributed by atoms with Crippen LogP contribution in [0.4, 0.5) is 11.4 Å². The molecular formula is C43H53N3O6S. The zero-order chi connectivity index (χ0) is 38.4. The van der Waals surface area contributed by atoms with Crippen molar-refractivity contribution in [1.82, 2.24) is 4.90 Å². The topological polar surface area (TPSA) is 119 Å². The number of carbonyl (C=O) groups is 2. The van der Waals surface area contributed by atoms with E-state index in [1.54, 1.807) is 27.0 Å². The molecular weight excluding hydrogens is 687 g/mol. The van der Waals surface area contributed by atoms with Gasteiger partial charge in [0.2, 0.25) is 0 Å². The van der Waals surface area contributed by atoms with Crippen LogP contribution in [0.2, 0.25) is 0 Å². The fourth-order valence-electron chi connectivity index (χ4n) is 7.06. The number of hydrogen-bond acceptors (Lipinski definition) is 6. The van der Waals surface area contributed by atoms with E-state index >= 15 is 0 Å². The predicted octanol–water partition coefficient (Wildman–Crippen LogP) is 8.08. The molecule has 10 heteroatoms. The van der Waals surface area contributed by atoms with Gasteiger partial charge in [-0.05, 0) is 149 Å². The van der Waals surface area contributed by atoms with Crippen LogP contribution in [-0.4, -0.2) is 69.3 Å². The molecule has 4 aromatic carbocycles. The molecule has 0 saturated carbocycles. The van der Waals surface area contributed by atoms with Gasteiger partial charge in [-0.25, -0.2) is 4.21 Å². The number of ether oxygens (including phenoxy) is 1. The largest absolute Gasteiger partial charge is 0.494 e. The standard InChI is InChI=1S/C39H43N3O5S.C4H10O/c1-25-8-10-28(11-9-25)36-27(3)37-33-17-12-29(22-30(33)24-42(48(4)46)38(37)26(2)34(36)23-35(43)44)39(45)40-31-13-15-32(16-14-31)47-21-7-20-41-18-5-6-19-41;1-4(2,3)5/h8-17,22H,5-7,18-21,23-24H2,1-4H3,(H,40,45)(H,43,44);5H,1-3H3. The summed E-state index contributed by atoms with van der Waals surface area (Å²) in [4.78, 5) is 28.0. The molecule has 2 heterocycles. The van der Waals surface area contributed by atoms with Crippen LogP contribution >= 0.6 is 0 Å². The summed E-state index contributed by atoms with van der Waals surface area (Å²) in [7, 11) is -1.40. The van der Waals surface area contributed by atoms with E-state index in [2.05, 4.69) is 10.2 Å². The molecule has 1 amide bonds. The monoisotopic (exact) mass is 739 g/mol. The molecule has 0 aliphatic carbocycles. The first-order chi connectivity index (χ1) is 25.1. The lowest BCUT2D eigenvalue weighted by Gasteiger charge is -2.35. The lowest BCUT2D eigenvalue weighted by Crippen LogP contribution is -2.30. The van der Waals surface area contributed by atoms with E-state index in [0.717, 1.165) is 74.5 Å². The minimum absolute atomic E-state index is 0.148. The van der Waals surface area contributed by atoms with Gasteiger partial charge < -0.3 is 25.2 Å². The summed E-state index contributed by atoms with van der Waals surface area (Å²) >= 11 is 0. The molecule has 53 heavy (non-hydrogen) atoms. The second-order valence-electron chi connectivity index (χ2n) is 15.0. The number of carboxylic acid groups (broad SMARTS) is 1. The molecule has 0 spiro atoms. The Morgan fingerprint density at radius 1 is 0.906 bits per heavy atom. The van der Waals surface area contributed by atoms with Crippen molar-refractivity contribution in [3.63, 3.8) is 0 Å². The fraction of sp³-hybridized carbons (Fsp3) is 0.395. The van der Waals surface area contributed by atoms with E-state index in [-0.39, 0.29) is 12.3 Å². The number of nitrogens with one attached hydrogen (secondary N) is 1. The van der Waals surface area contributed by atoms with Gasteiger partial charge in [0, 0.05) is 29.6 Å². The summed E-state index contributed by atoms with van der Waals surface area (Å²) < 4.78 is 21.0. The Balaban J connectivity index is 0.00000101. The Labute approximate surface area is 316 Å². The molecule has 1 saturated heterocycles. The van der Waals surface area contributed by atoms with Gasteiger partial charge in [-0.15, -0.1) is 0 Å². The van der Waals surface area contributed by atoms with Gasteiger partial charge in [-0.1, -0.05) is 35.9 Å². The van der Waals surface area contributed by atoms with Crippen molar-refractivity contribution in [2.75, 3.05) is 42.1 Å². The van der Waals surface area contributed by atoms with Crippen LogP contribution in [0.15, 0.2) is 66.7 Å². The third-order valence-electron chi connectivity index (χ3n) is 9.47. The van der Waals surface area contributed by atoms with E-state index < -0.39 is 22.6 Å². The Bertz CT molecular complexity index is 1960. The number of fused-ring (bicyclic) bond motifs is 3. The number of aliphatic hydroxyl groups is 1. The number of benzene rings is 4. The van der Waals surface area contributed by atoms with Gasteiger partial charge in [0.1, 0.15) is 16.7 Å². The van der Waals surface area contributed by atoms with Crippen LogP contribution in [0, 0.1) is 20.8 Å². The summed E-state index contributed by atoms with van der Waals surface area (Å²) in [5.41, 5.74) is 9.56. The van der Waals surface area contributed by atoms with Crippen molar-refractivity contribution in [3.05, 3.63) is 100 Å². The fourth-order valence-corrected chi connectivity index (χ4v) is 7.86. The van der Waals surface area contributed by atoms with Crippen molar-refractivity contribution in [3.8, 4) is 28.0 Å². The molecule has 4 aromatic rings. The van der Waals surface area contributed by atoms with Crippen molar-refractivity contribution in [2.45, 2.75) is 79.4 Å². The first kappa shape index (κ1) is 39.7. The van der Waals surface area contributed by atoms with E-state index in [0.29, 0.717) is 24.4 Å². The third kappa shape index (κ3) is 10.1. The van der Waals surface area contributed by atoms with E-state index in [1.165, 1.54) is 25.9 Å². The smallest absolute Gasteiger partial charge is 0.307 e. The average Bonchev–Trinajstić information content (AvgIpc) is 3.62. The minimum Gasteiger partial charge on any atom is -0.494 e. The summed E-state index contributed by atoms with van der Waals surface area (Å²) in [6, 6.07) is 21.2. The zero-order valence-corrected chi connectivity index (χ0v) is 32.9. The molecule has 9 nitrogen and oxygen atoms in total. The molecule has 1 unspecified atom stereocenters. The van der Waals surface area contributed by atoms with Crippen molar-refractivity contribution >= 4 is 34.2 Å². The zero-order valence-electron chi connectivity index (χ0n) is 32.0. The van der Waals surface area contributed by atoms with Gasteiger partial charge in [-0.3, -0.25) is 13.9 Å². The maximum absolute atomic E-state index is 13.4. The van der Waals surface area contributed by atoms with Crippen LogP contribution in [-0.2, 0) is 28.7 Å². The van der Waals surface area contributed by atoms with Gasteiger partial charge in [0.05, 0.1) is 30.9 Å². The maximum Gasteiger partial charge on any atom is 0.307 e. The first-order valence-corrected chi connectivity index (χ1v) is 19.8. The molecule has 6 rings (SSSR count). The normalized spacial score (nSPS) is 14.5.